The summed E-state index contributed by atoms with van der Waals surface area (Å²) >= 11 is 0. The zero-order chi connectivity index (χ0) is 7.26. The van der Waals surface area contributed by atoms with Gasteiger partial charge >= 0.3 is 0 Å². The standard InChI is InChI=1S/C8H7NO2/c1-2-9-6-3-5(1)7-8(6)11-4-10-7/h1-2,6H,3-4H2/t6-/m1/s1. The SMILES string of the molecule is C1=N[C@@H]2CC(=C1)C1=C2OCO1. The molecule has 0 aromatic heterocycles. The van der Waals surface area contributed by atoms with Crippen molar-refractivity contribution in [1.29, 1.82) is 0 Å². The van der Waals surface area contributed by atoms with Crippen LogP contribution in [0.5, 0.6) is 0 Å². The maximum Gasteiger partial charge on any atom is 0.230 e. The highest BCUT2D eigenvalue weighted by molar-refractivity contribution is 5.77. The molecule has 1 aliphatic carbocycles. The maximum absolute atomic E-state index is 5.30. The van der Waals surface area contributed by atoms with E-state index in [1.165, 1.54) is 5.57 Å². The molecule has 0 saturated heterocycles. The Hall–Kier alpha value is -1.25. The largest absolute Gasteiger partial charge is 0.456 e. The first-order valence-electron chi connectivity index (χ1n) is 3.67. The molecule has 0 fully saturated rings. The smallest absolute Gasteiger partial charge is 0.230 e. The highest BCUT2D eigenvalue weighted by Crippen LogP contribution is 2.39. The molecule has 0 spiro atoms. The van der Waals surface area contributed by atoms with Gasteiger partial charge in [-0.1, -0.05) is 0 Å². The number of nitrogens with zero attached hydrogens (tertiary/aromatic N) is 1. The number of fused-ring (bicyclic) bond motifs is 4. The van der Waals surface area contributed by atoms with Gasteiger partial charge in [0.2, 0.25) is 6.79 Å². The van der Waals surface area contributed by atoms with Gasteiger partial charge in [-0.15, -0.1) is 0 Å². The van der Waals surface area contributed by atoms with Gasteiger partial charge in [0.25, 0.3) is 0 Å². The van der Waals surface area contributed by atoms with Gasteiger partial charge in [0, 0.05) is 18.2 Å². The van der Waals surface area contributed by atoms with Crippen LogP contribution in [0.25, 0.3) is 0 Å². The van der Waals surface area contributed by atoms with Gasteiger partial charge in [-0.2, -0.15) is 0 Å². The molecule has 2 heterocycles. The van der Waals surface area contributed by atoms with E-state index in [-0.39, 0.29) is 6.04 Å². The molecular weight excluding hydrogens is 142 g/mol. The Morgan fingerprint density at radius 2 is 2.45 bits per heavy atom. The number of aliphatic imine (C=N–C) groups is 1. The quantitative estimate of drug-likeness (QED) is 0.514. The number of dihydropyridines is 1. The van der Waals surface area contributed by atoms with E-state index in [1.54, 1.807) is 0 Å². The summed E-state index contributed by atoms with van der Waals surface area (Å²) in [5, 5.41) is 0. The van der Waals surface area contributed by atoms with Gasteiger partial charge in [-0.3, -0.25) is 4.99 Å². The number of ether oxygens (including phenoxy) is 2. The van der Waals surface area contributed by atoms with Crippen LogP contribution in [0.1, 0.15) is 6.42 Å². The second-order valence-corrected chi connectivity index (χ2v) is 2.81. The van der Waals surface area contributed by atoms with Crippen molar-refractivity contribution in [2.24, 2.45) is 4.99 Å². The third-order valence-corrected chi connectivity index (χ3v) is 2.19. The van der Waals surface area contributed by atoms with Crippen molar-refractivity contribution in [3.05, 3.63) is 23.2 Å². The molecule has 0 saturated carbocycles. The summed E-state index contributed by atoms with van der Waals surface area (Å²) < 4.78 is 10.6. The molecule has 0 radical (unpaired) electrons. The van der Waals surface area contributed by atoms with Crippen LogP contribution in [0.4, 0.5) is 0 Å². The predicted molar refractivity (Wildman–Crippen MR) is 39.0 cm³/mol. The van der Waals surface area contributed by atoms with Gasteiger partial charge < -0.3 is 9.47 Å². The van der Waals surface area contributed by atoms with E-state index in [0.29, 0.717) is 6.79 Å². The molecule has 1 atom stereocenters. The van der Waals surface area contributed by atoms with E-state index in [1.807, 2.05) is 12.3 Å². The molecule has 0 amide bonds. The lowest BCUT2D eigenvalue weighted by Crippen LogP contribution is -2.08. The van der Waals surface area contributed by atoms with Crippen molar-refractivity contribution in [2.45, 2.75) is 12.5 Å². The van der Waals surface area contributed by atoms with Crippen LogP contribution < -0.4 is 0 Å². The highest BCUT2D eigenvalue weighted by Gasteiger charge is 2.36. The minimum absolute atomic E-state index is 0.215. The van der Waals surface area contributed by atoms with Crippen LogP contribution in [0.2, 0.25) is 0 Å². The normalized spacial score (nSPS) is 31.3. The molecule has 3 aliphatic rings. The fourth-order valence-corrected chi connectivity index (χ4v) is 1.68. The van der Waals surface area contributed by atoms with Crippen LogP contribution in [-0.2, 0) is 9.47 Å². The number of hydrogen-bond donors (Lipinski definition) is 0. The third-order valence-electron chi connectivity index (χ3n) is 2.19. The van der Waals surface area contributed by atoms with Gasteiger partial charge in [-0.25, -0.2) is 0 Å². The summed E-state index contributed by atoms with van der Waals surface area (Å²) in [7, 11) is 0. The van der Waals surface area contributed by atoms with Crippen LogP contribution >= 0.6 is 0 Å². The fraction of sp³-hybridized carbons (Fsp3) is 0.375. The molecule has 0 unspecified atom stereocenters. The first-order chi connectivity index (χ1) is 5.45. The van der Waals surface area contributed by atoms with Gasteiger partial charge in [0.1, 0.15) is 6.04 Å². The summed E-state index contributed by atoms with van der Waals surface area (Å²) in [6.45, 7) is 0.369. The van der Waals surface area contributed by atoms with Crippen LogP contribution in [-0.4, -0.2) is 19.0 Å². The number of hydrogen-bond acceptors (Lipinski definition) is 3. The Morgan fingerprint density at radius 1 is 1.45 bits per heavy atom. The zero-order valence-corrected chi connectivity index (χ0v) is 5.91. The van der Waals surface area contributed by atoms with E-state index in [4.69, 9.17) is 9.47 Å². The molecule has 56 valence electrons. The van der Waals surface area contributed by atoms with Crippen molar-refractivity contribution in [3.63, 3.8) is 0 Å². The van der Waals surface area contributed by atoms with E-state index >= 15 is 0 Å². The van der Waals surface area contributed by atoms with Gasteiger partial charge in [0.15, 0.2) is 11.5 Å². The minimum atomic E-state index is 0.215. The lowest BCUT2D eigenvalue weighted by molar-refractivity contribution is 0.0643. The average molecular weight is 149 g/mol. The van der Waals surface area contributed by atoms with Crippen LogP contribution in [0.15, 0.2) is 28.2 Å². The van der Waals surface area contributed by atoms with E-state index in [2.05, 4.69) is 4.99 Å². The molecular formula is C8H7NO2. The van der Waals surface area contributed by atoms with Gasteiger partial charge in [-0.05, 0) is 6.08 Å². The topological polar surface area (TPSA) is 30.8 Å². The zero-order valence-electron chi connectivity index (χ0n) is 5.91. The Morgan fingerprint density at radius 3 is 3.45 bits per heavy atom. The molecule has 3 nitrogen and oxygen atoms in total. The summed E-state index contributed by atoms with van der Waals surface area (Å²) in [6, 6.07) is 0.215. The van der Waals surface area contributed by atoms with Crippen LogP contribution in [0.3, 0.4) is 0 Å². The molecule has 0 N–H and O–H groups in total. The molecule has 11 heavy (non-hydrogen) atoms. The molecule has 0 aromatic carbocycles. The second kappa shape index (κ2) is 1.67. The maximum atomic E-state index is 5.30. The lowest BCUT2D eigenvalue weighted by Gasteiger charge is -2.10. The molecule has 2 aliphatic heterocycles. The fourth-order valence-electron chi connectivity index (χ4n) is 1.68. The Labute approximate surface area is 64.0 Å². The number of rotatable bonds is 0. The van der Waals surface area contributed by atoms with E-state index < -0.39 is 0 Å². The lowest BCUT2D eigenvalue weighted by atomic mass is 10.1. The third kappa shape index (κ3) is 0.557. The van der Waals surface area contributed by atoms with Crippen molar-refractivity contribution >= 4 is 6.21 Å². The molecule has 0 aromatic rings. The Balaban J connectivity index is 2.16. The average Bonchev–Trinajstić information content (AvgIpc) is 2.58. The Bertz CT molecular complexity index is 301. The monoisotopic (exact) mass is 149 g/mol. The van der Waals surface area contributed by atoms with E-state index in [0.717, 1.165) is 17.9 Å². The molecule has 3 rings (SSSR count). The number of allylic oxidation sites excluding steroid dienone is 2. The van der Waals surface area contributed by atoms with Crippen LogP contribution in [0, 0.1) is 0 Å². The summed E-state index contributed by atoms with van der Waals surface area (Å²) in [4.78, 5) is 4.27. The molecule has 2 bridgehead atoms. The second-order valence-electron chi connectivity index (χ2n) is 2.81. The van der Waals surface area contributed by atoms with Crippen molar-refractivity contribution in [3.8, 4) is 0 Å². The first-order valence-corrected chi connectivity index (χ1v) is 3.67. The van der Waals surface area contributed by atoms with Crippen molar-refractivity contribution in [2.75, 3.05) is 6.79 Å². The van der Waals surface area contributed by atoms with Crippen molar-refractivity contribution in [1.82, 2.24) is 0 Å². The minimum Gasteiger partial charge on any atom is -0.456 e. The molecule has 3 heteroatoms. The van der Waals surface area contributed by atoms with E-state index in [9.17, 15) is 0 Å². The summed E-state index contributed by atoms with van der Waals surface area (Å²) in [5.41, 5.74) is 1.23. The highest BCUT2D eigenvalue weighted by atomic mass is 16.7. The summed E-state index contributed by atoms with van der Waals surface area (Å²) in [5.74, 6) is 1.87. The van der Waals surface area contributed by atoms with Gasteiger partial charge in [0.05, 0.1) is 0 Å². The summed E-state index contributed by atoms with van der Waals surface area (Å²) in [6.07, 6.45) is 4.78. The Kier molecular flexibility index (Phi) is 0.820. The predicted octanol–water partition coefficient (Wildman–Crippen LogP) is 0.985. The first kappa shape index (κ1) is 5.41. The van der Waals surface area contributed by atoms with Crippen molar-refractivity contribution < 1.29 is 9.47 Å².